The first kappa shape index (κ1) is 15.7. The molecule has 0 saturated carbocycles. The van der Waals surface area contributed by atoms with Crippen LogP contribution in [0.15, 0.2) is 59.0 Å². The molecule has 5 rings (SSSR count). The van der Waals surface area contributed by atoms with Crippen LogP contribution in [0.5, 0.6) is 0 Å². The molecule has 0 saturated heterocycles. The van der Waals surface area contributed by atoms with Crippen LogP contribution in [0.3, 0.4) is 0 Å². The SMILES string of the molecule is CC1(C)c2ccccc2NC2C3=C(c4ccccc4SC3)S(=O)CC21. The van der Waals surface area contributed by atoms with Gasteiger partial charge in [0.1, 0.15) is 0 Å². The molecule has 3 atom stereocenters. The van der Waals surface area contributed by atoms with E-state index in [4.69, 9.17) is 0 Å². The molecule has 0 aromatic heterocycles. The summed E-state index contributed by atoms with van der Waals surface area (Å²) in [6.45, 7) is 4.63. The number of fused-ring (bicyclic) bond motifs is 5. The van der Waals surface area contributed by atoms with Crippen LogP contribution >= 0.6 is 11.8 Å². The van der Waals surface area contributed by atoms with Crippen molar-refractivity contribution in [3.05, 3.63) is 65.2 Å². The molecule has 3 unspecified atom stereocenters. The number of benzene rings is 2. The standard InChI is InChI=1S/C21H21NOS2/c1-21(2)15-8-4-5-9-17(15)22-19-14-11-24-18-10-6-3-7-13(18)20(14)25(23)12-16(19)21/h3-10,16,19,22H,11-12H2,1-2H3. The molecular weight excluding hydrogens is 346 g/mol. The topological polar surface area (TPSA) is 29.1 Å². The number of hydrogen-bond donors (Lipinski definition) is 1. The Morgan fingerprint density at radius 2 is 1.88 bits per heavy atom. The van der Waals surface area contributed by atoms with Crippen LogP contribution in [0.4, 0.5) is 5.69 Å². The molecule has 3 heterocycles. The van der Waals surface area contributed by atoms with Gasteiger partial charge in [-0.05, 0) is 28.7 Å². The van der Waals surface area contributed by atoms with E-state index in [-0.39, 0.29) is 11.5 Å². The minimum atomic E-state index is -0.934. The second-order valence-electron chi connectivity index (χ2n) is 7.65. The lowest BCUT2D eigenvalue weighted by atomic mass is 9.66. The van der Waals surface area contributed by atoms with Gasteiger partial charge in [-0.1, -0.05) is 50.2 Å². The Morgan fingerprint density at radius 1 is 1.12 bits per heavy atom. The molecule has 0 aliphatic carbocycles. The summed E-state index contributed by atoms with van der Waals surface area (Å²) in [4.78, 5) is 2.36. The Kier molecular flexibility index (Phi) is 3.45. The maximum atomic E-state index is 13.3. The number of para-hydroxylation sites is 1. The van der Waals surface area contributed by atoms with Crippen molar-refractivity contribution >= 4 is 33.2 Å². The number of thioether (sulfide) groups is 1. The maximum absolute atomic E-state index is 13.3. The quantitative estimate of drug-likeness (QED) is 0.735. The Bertz CT molecular complexity index is 931. The van der Waals surface area contributed by atoms with Gasteiger partial charge >= 0.3 is 0 Å². The van der Waals surface area contributed by atoms with E-state index in [1.807, 2.05) is 11.8 Å². The first-order valence-electron chi connectivity index (χ1n) is 8.77. The minimum absolute atomic E-state index is 0.0162. The molecule has 0 spiro atoms. The molecule has 4 heteroatoms. The van der Waals surface area contributed by atoms with Crippen molar-refractivity contribution < 1.29 is 4.21 Å². The minimum Gasteiger partial charge on any atom is -0.378 e. The van der Waals surface area contributed by atoms with E-state index in [9.17, 15) is 4.21 Å². The highest BCUT2D eigenvalue weighted by Gasteiger charge is 2.48. The van der Waals surface area contributed by atoms with Crippen LogP contribution in [-0.4, -0.2) is 21.8 Å². The maximum Gasteiger partial charge on any atom is 0.0542 e. The normalized spacial score (nSPS) is 29.0. The second kappa shape index (κ2) is 5.49. The largest absolute Gasteiger partial charge is 0.378 e. The van der Waals surface area contributed by atoms with Gasteiger partial charge in [0.05, 0.1) is 16.8 Å². The predicted octanol–water partition coefficient (Wildman–Crippen LogP) is 4.65. The van der Waals surface area contributed by atoms with E-state index < -0.39 is 10.8 Å². The third-order valence-electron chi connectivity index (χ3n) is 6.00. The Balaban J connectivity index is 1.70. The van der Waals surface area contributed by atoms with Gasteiger partial charge < -0.3 is 5.32 Å². The molecule has 128 valence electrons. The Hall–Kier alpha value is -1.52. The van der Waals surface area contributed by atoms with Crippen LogP contribution in [0, 0.1) is 5.92 Å². The molecule has 0 amide bonds. The van der Waals surface area contributed by atoms with Crippen LogP contribution in [0.2, 0.25) is 0 Å². The number of nitrogens with one attached hydrogen (secondary N) is 1. The lowest BCUT2D eigenvalue weighted by Crippen LogP contribution is -2.52. The van der Waals surface area contributed by atoms with E-state index in [0.29, 0.717) is 5.92 Å². The van der Waals surface area contributed by atoms with Gasteiger partial charge in [0, 0.05) is 38.5 Å². The smallest absolute Gasteiger partial charge is 0.0542 e. The highest BCUT2D eigenvalue weighted by molar-refractivity contribution is 8.00. The number of hydrogen-bond acceptors (Lipinski definition) is 3. The van der Waals surface area contributed by atoms with Gasteiger partial charge in [-0.15, -0.1) is 11.8 Å². The first-order chi connectivity index (χ1) is 12.1. The van der Waals surface area contributed by atoms with Crippen LogP contribution in [0.25, 0.3) is 4.91 Å². The van der Waals surface area contributed by atoms with Gasteiger partial charge in [-0.3, -0.25) is 4.21 Å². The average molecular weight is 368 g/mol. The summed E-state index contributed by atoms with van der Waals surface area (Å²) in [5.74, 6) is 2.02. The number of anilines is 1. The zero-order valence-corrected chi connectivity index (χ0v) is 16.0. The molecular formula is C21H21NOS2. The lowest BCUT2D eigenvalue weighted by molar-refractivity contribution is 0.312. The molecule has 0 bridgehead atoms. The highest BCUT2D eigenvalue weighted by atomic mass is 32.2. The Labute approximate surface area is 155 Å². The summed E-state index contributed by atoms with van der Waals surface area (Å²) in [6, 6.07) is 17.3. The van der Waals surface area contributed by atoms with E-state index in [1.54, 1.807) is 0 Å². The fourth-order valence-electron chi connectivity index (χ4n) is 4.61. The van der Waals surface area contributed by atoms with Gasteiger partial charge in [0.2, 0.25) is 0 Å². The average Bonchev–Trinajstić information content (AvgIpc) is 2.62. The first-order valence-corrected chi connectivity index (χ1v) is 11.1. The van der Waals surface area contributed by atoms with E-state index in [0.717, 1.165) is 16.4 Å². The second-order valence-corrected chi connectivity index (χ2v) is 10.1. The zero-order valence-electron chi connectivity index (χ0n) is 14.4. The van der Waals surface area contributed by atoms with Gasteiger partial charge in [-0.2, -0.15) is 0 Å². The Morgan fingerprint density at radius 3 is 2.76 bits per heavy atom. The van der Waals surface area contributed by atoms with E-state index in [1.165, 1.54) is 27.3 Å². The molecule has 3 aliphatic rings. The summed E-state index contributed by atoms with van der Waals surface area (Å²) >= 11 is 1.88. The highest BCUT2D eigenvalue weighted by Crippen LogP contribution is 2.52. The van der Waals surface area contributed by atoms with Crippen molar-refractivity contribution in [2.24, 2.45) is 5.92 Å². The van der Waals surface area contributed by atoms with Crippen molar-refractivity contribution in [2.75, 3.05) is 16.8 Å². The molecule has 1 N–H and O–H groups in total. The van der Waals surface area contributed by atoms with Crippen molar-refractivity contribution in [1.29, 1.82) is 0 Å². The van der Waals surface area contributed by atoms with Gasteiger partial charge in [0.25, 0.3) is 0 Å². The fourth-order valence-corrected chi connectivity index (χ4v) is 7.92. The van der Waals surface area contributed by atoms with Crippen LogP contribution in [-0.2, 0) is 16.2 Å². The lowest BCUT2D eigenvalue weighted by Gasteiger charge is -2.50. The molecule has 2 aromatic rings. The fraction of sp³-hybridized carbons (Fsp3) is 0.333. The van der Waals surface area contributed by atoms with Crippen LogP contribution < -0.4 is 5.32 Å². The predicted molar refractivity (Wildman–Crippen MR) is 107 cm³/mol. The molecule has 0 radical (unpaired) electrons. The van der Waals surface area contributed by atoms with Crippen LogP contribution in [0.1, 0.15) is 25.0 Å². The van der Waals surface area contributed by atoms with E-state index in [2.05, 4.69) is 67.7 Å². The summed E-state index contributed by atoms with van der Waals surface area (Å²) in [6.07, 6.45) is 0. The summed E-state index contributed by atoms with van der Waals surface area (Å²) < 4.78 is 13.3. The van der Waals surface area contributed by atoms with Crippen molar-refractivity contribution in [3.63, 3.8) is 0 Å². The molecule has 0 fully saturated rings. The van der Waals surface area contributed by atoms with E-state index >= 15 is 0 Å². The molecule has 2 aromatic carbocycles. The van der Waals surface area contributed by atoms with Gasteiger partial charge in [0.15, 0.2) is 0 Å². The van der Waals surface area contributed by atoms with Crippen molar-refractivity contribution in [1.82, 2.24) is 0 Å². The molecule has 2 nitrogen and oxygen atoms in total. The third-order valence-corrected chi connectivity index (χ3v) is 8.72. The van der Waals surface area contributed by atoms with Gasteiger partial charge in [-0.25, -0.2) is 0 Å². The molecule has 25 heavy (non-hydrogen) atoms. The van der Waals surface area contributed by atoms with Crippen molar-refractivity contribution in [3.8, 4) is 0 Å². The summed E-state index contributed by atoms with van der Waals surface area (Å²) in [5.41, 5.74) is 5.13. The third kappa shape index (κ3) is 2.20. The number of rotatable bonds is 0. The monoisotopic (exact) mass is 367 g/mol. The van der Waals surface area contributed by atoms with Crippen molar-refractivity contribution in [2.45, 2.75) is 30.2 Å². The summed E-state index contributed by atoms with van der Waals surface area (Å²) in [7, 11) is -0.934. The molecule has 3 aliphatic heterocycles. The zero-order chi connectivity index (χ0) is 17.2. The summed E-state index contributed by atoms with van der Waals surface area (Å²) in [5, 5.41) is 3.80.